The highest BCUT2D eigenvalue weighted by Gasteiger charge is 2.15. The lowest BCUT2D eigenvalue weighted by Gasteiger charge is -2.16. The van der Waals surface area contributed by atoms with Crippen LogP contribution in [0.5, 0.6) is 0 Å². The van der Waals surface area contributed by atoms with Gasteiger partial charge in [0, 0.05) is 25.0 Å². The fraction of sp³-hybridized carbons (Fsp3) is 0.312. The van der Waals surface area contributed by atoms with Crippen molar-refractivity contribution in [2.45, 2.75) is 25.8 Å². The van der Waals surface area contributed by atoms with Crippen molar-refractivity contribution >= 4 is 21.6 Å². The number of benzene rings is 1. The van der Waals surface area contributed by atoms with Crippen molar-refractivity contribution in [1.82, 2.24) is 20.3 Å². The predicted octanol–water partition coefficient (Wildman–Crippen LogP) is 3.37. The van der Waals surface area contributed by atoms with E-state index in [0.717, 1.165) is 35.6 Å². The summed E-state index contributed by atoms with van der Waals surface area (Å²) in [6, 6.07) is 8.43. The van der Waals surface area contributed by atoms with E-state index < -0.39 is 0 Å². The predicted molar refractivity (Wildman–Crippen MR) is 86.4 cm³/mol. The van der Waals surface area contributed by atoms with Gasteiger partial charge in [-0.2, -0.15) is 0 Å². The van der Waals surface area contributed by atoms with Gasteiger partial charge in [0.25, 0.3) is 0 Å². The highest BCUT2D eigenvalue weighted by atomic mass is 32.1. The van der Waals surface area contributed by atoms with Crippen LogP contribution in [0.2, 0.25) is 0 Å². The molecule has 108 valence electrons. The fourth-order valence-electron chi connectivity index (χ4n) is 2.27. The molecule has 2 aromatic heterocycles. The van der Waals surface area contributed by atoms with Gasteiger partial charge in [-0.15, -0.1) is 11.3 Å². The molecule has 0 bridgehead atoms. The van der Waals surface area contributed by atoms with E-state index >= 15 is 0 Å². The van der Waals surface area contributed by atoms with Crippen molar-refractivity contribution in [3.8, 4) is 0 Å². The normalized spacial score (nSPS) is 12.6. The van der Waals surface area contributed by atoms with E-state index in [4.69, 9.17) is 4.98 Å². The number of fused-ring (bicyclic) bond motifs is 1. The number of nitrogens with zero attached hydrogens (tertiary/aromatic N) is 3. The molecule has 0 aliphatic heterocycles. The van der Waals surface area contributed by atoms with Crippen molar-refractivity contribution < 1.29 is 0 Å². The first-order valence-corrected chi connectivity index (χ1v) is 8.02. The topological polar surface area (TPSA) is 50.7 Å². The van der Waals surface area contributed by atoms with Crippen LogP contribution in [0.4, 0.5) is 0 Å². The van der Waals surface area contributed by atoms with Crippen molar-refractivity contribution in [2.24, 2.45) is 0 Å². The number of nitrogens with one attached hydrogen (secondary N) is 1. The lowest BCUT2D eigenvalue weighted by Crippen LogP contribution is -2.25. The first kappa shape index (κ1) is 14.1. The molecule has 0 amide bonds. The second-order valence-corrected chi connectivity index (χ2v) is 6.03. The van der Waals surface area contributed by atoms with Gasteiger partial charge in [0.15, 0.2) is 0 Å². The van der Waals surface area contributed by atoms with Gasteiger partial charge in [-0.3, -0.25) is 9.97 Å². The Morgan fingerprint density at radius 3 is 2.90 bits per heavy atom. The molecule has 5 heteroatoms. The average Bonchev–Trinajstić information content (AvgIpc) is 2.94. The van der Waals surface area contributed by atoms with E-state index in [9.17, 15) is 0 Å². The van der Waals surface area contributed by atoms with Crippen LogP contribution < -0.4 is 5.32 Å². The molecule has 3 rings (SSSR count). The van der Waals surface area contributed by atoms with Crippen LogP contribution in [0, 0.1) is 0 Å². The Kier molecular flexibility index (Phi) is 4.52. The summed E-state index contributed by atoms with van der Waals surface area (Å²) in [5, 5.41) is 4.68. The fourth-order valence-corrected chi connectivity index (χ4v) is 3.29. The summed E-state index contributed by atoms with van der Waals surface area (Å²) in [4.78, 5) is 13.3. The number of thiazole rings is 1. The smallest absolute Gasteiger partial charge is 0.0958 e. The molecule has 1 N–H and O–H groups in total. The molecular weight excluding hydrogens is 280 g/mol. The second-order valence-electron chi connectivity index (χ2n) is 4.92. The van der Waals surface area contributed by atoms with Gasteiger partial charge < -0.3 is 5.32 Å². The van der Waals surface area contributed by atoms with E-state index in [1.807, 2.05) is 12.3 Å². The maximum atomic E-state index is 4.72. The molecule has 0 saturated heterocycles. The standard InChI is InChI=1S/C16H18N4S/c1-2-7-18-13(14-11-17-8-9-19-14)10-16-20-12-5-3-4-6-15(12)21-16/h3-6,8-9,11,13,18H,2,7,10H2,1H3. The molecule has 0 radical (unpaired) electrons. The van der Waals surface area contributed by atoms with Gasteiger partial charge in [0.05, 0.1) is 27.0 Å². The molecule has 1 unspecified atom stereocenters. The minimum absolute atomic E-state index is 0.166. The highest BCUT2D eigenvalue weighted by molar-refractivity contribution is 7.18. The third kappa shape index (κ3) is 3.43. The number of rotatable bonds is 6. The van der Waals surface area contributed by atoms with Crippen LogP contribution >= 0.6 is 11.3 Å². The van der Waals surface area contributed by atoms with Crippen LogP contribution in [0.25, 0.3) is 10.2 Å². The highest BCUT2D eigenvalue weighted by Crippen LogP contribution is 2.25. The SMILES string of the molecule is CCCNC(Cc1nc2ccccc2s1)c1cnccn1. The van der Waals surface area contributed by atoms with E-state index in [-0.39, 0.29) is 6.04 Å². The molecule has 0 aliphatic carbocycles. The monoisotopic (exact) mass is 298 g/mol. The summed E-state index contributed by atoms with van der Waals surface area (Å²) in [5.74, 6) is 0. The molecular formula is C16H18N4S. The van der Waals surface area contributed by atoms with E-state index in [1.54, 1.807) is 23.7 Å². The summed E-state index contributed by atoms with van der Waals surface area (Å²) in [6.45, 7) is 3.13. The molecule has 4 nitrogen and oxygen atoms in total. The Hall–Kier alpha value is -1.85. The van der Waals surface area contributed by atoms with Crippen molar-refractivity contribution in [3.05, 3.63) is 53.6 Å². The summed E-state index contributed by atoms with van der Waals surface area (Å²) in [6.07, 6.45) is 7.22. The summed E-state index contributed by atoms with van der Waals surface area (Å²) in [5.41, 5.74) is 2.05. The maximum absolute atomic E-state index is 4.72. The first-order valence-electron chi connectivity index (χ1n) is 7.20. The summed E-state index contributed by atoms with van der Waals surface area (Å²) in [7, 11) is 0. The van der Waals surface area contributed by atoms with Crippen LogP contribution in [-0.2, 0) is 6.42 Å². The van der Waals surface area contributed by atoms with E-state index in [1.165, 1.54) is 4.70 Å². The third-order valence-electron chi connectivity index (χ3n) is 3.30. The zero-order chi connectivity index (χ0) is 14.5. The Bertz CT molecular complexity index is 663. The number of aromatic nitrogens is 3. The van der Waals surface area contributed by atoms with Crippen LogP contribution in [0.15, 0.2) is 42.9 Å². The van der Waals surface area contributed by atoms with Gasteiger partial charge in [-0.1, -0.05) is 19.1 Å². The maximum Gasteiger partial charge on any atom is 0.0958 e. The van der Waals surface area contributed by atoms with Crippen molar-refractivity contribution in [1.29, 1.82) is 0 Å². The minimum Gasteiger partial charge on any atom is -0.308 e. The lowest BCUT2D eigenvalue weighted by molar-refractivity contribution is 0.515. The molecule has 0 spiro atoms. The van der Waals surface area contributed by atoms with Gasteiger partial charge in [0.2, 0.25) is 0 Å². The van der Waals surface area contributed by atoms with Gasteiger partial charge >= 0.3 is 0 Å². The van der Waals surface area contributed by atoms with Crippen LogP contribution in [0.3, 0.4) is 0 Å². The Morgan fingerprint density at radius 2 is 2.14 bits per heavy atom. The summed E-state index contributed by atoms with van der Waals surface area (Å²) >= 11 is 1.75. The quantitative estimate of drug-likeness (QED) is 0.758. The van der Waals surface area contributed by atoms with E-state index in [0.29, 0.717) is 0 Å². The largest absolute Gasteiger partial charge is 0.308 e. The zero-order valence-corrected chi connectivity index (χ0v) is 12.8. The molecule has 2 heterocycles. The van der Waals surface area contributed by atoms with E-state index in [2.05, 4.69) is 40.4 Å². The minimum atomic E-state index is 0.166. The molecule has 1 atom stereocenters. The van der Waals surface area contributed by atoms with Crippen molar-refractivity contribution in [2.75, 3.05) is 6.54 Å². The molecule has 21 heavy (non-hydrogen) atoms. The van der Waals surface area contributed by atoms with Gasteiger partial charge in [-0.05, 0) is 25.1 Å². The van der Waals surface area contributed by atoms with Crippen LogP contribution in [0.1, 0.15) is 30.1 Å². The second kappa shape index (κ2) is 6.74. The molecule has 3 aromatic rings. The zero-order valence-electron chi connectivity index (χ0n) is 12.0. The van der Waals surface area contributed by atoms with Crippen molar-refractivity contribution in [3.63, 3.8) is 0 Å². The number of para-hydroxylation sites is 1. The average molecular weight is 298 g/mol. The van der Waals surface area contributed by atoms with Crippen LogP contribution in [-0.4, -0.2) is 21.5 Å². The Labute approximate surface area is 128 Å². The third-order valence-corrected chi connectivity index (χ3v) is 4.36. The van der Waals surface area contributed by atoms with Gasteiger partial charge in [-0.25, -0.2) is 4.98 Å². The number of hydrogen-bond acceptors (Lipinski definition) is 5. The molecule has 0 fully saturated rings. The first-order chi connectivity index (χ1) is 10.4. The summed E-state index contributed by atoms with van der Waals surface area (Å²) < 4.78 is 1.24. The Morgan fingerprint density at radius 1 is 1.24 bits per heavy atom. The molecule has 0 saturated carbocycles. The molecule has 0 aliphatic rings. The van der Waals surface area contributed by atoms with Gasteiger partial charge in [0.1, 0.15) is 0 Å². The lowest BCUT2D eigenvalue weighted by atomic mass is 10.1. The Balaban J connectivity index is 1.83. The molecule has 1 aromatic carbocycles. The number of hydrogen-bond donors (Lipinski definition) is 1.